The predicted molar refractivity (Wildman–Crippen MR) is 53.9 cm³/mol. The lowest BCUT2D eigenvalue weighted by Crippen LogP contribution is -2.47. The predicted octanol–water partition coefficient (Wildman–Crippen LogP) is 1.47. The van der Waals surface area contributed by atoms with Crippen molar-refractivity contribution in [1.29, 1.82) is 0 Å². The van der Waals surface area contributed by atoms with Crippen LogP contribution in [0.3, 0.4) is 0 Å². The Hall–Kier alpha value is -0.570. The Morgan fingerprint density at radius 3 is 3.00 bits per heavy atom. The molecule has 2 fully saturated rings. The van der Waals surface area contributed by atoms with E-state index in [4.69, 9.17) is 4.74 Å². The fourth-order valence-corrected chi connectivity index (χ4v) is 2.78. The van der Waals surface area contributed by atoms with Gasteiger partial charge in [0.05, 0.1) is 0 Å². The zero-order valence-corrected chi connectivity index (χ0v) is 8.79. The maximum absolute atomic E-state index is 10.8. The van der Waals surface area contributed by atoms with E-state index < -0.39 is 0 Å². The first-order valence-corrected chi connectivity index (χ1v) is 5.66. The molecule has 1 saturated carbocycles. The SMILES string of the molecule is CC(=O)O[C@@H]1CC[C@@H]2CCCN[C@@H]2C1. The molecule has 0 unspecified atom stereocenters. The van der Waals surface area contributed by atoms with Crippen molar-refractivity contribution in [1.82, 2.24) is 5.32 Å². The van der Waals surface area contributed by atoms with Crippen LogP contribution < -0.4 is 5.32 Å². The molecule has 3 atom stereocenters. The van der Waals surface area contributed by atoms with Crippen LogP contribution >= 0.6 is 0 Å². The number of esters is 1. The highest BCUT2D eigenvalue weighted by Gasteiger charge is 2.33. The Kier molecular flexibility index (Phi) is 3.06. The second-order valence-electron chi connectivity index (χ2n) is 4.51. The van der Waals surface area contributed by atoms with Crippen LogP contribution in [0.2, 0.25) is 0 Å². The van der Waals surface area contributed by atoms with Gasteiger partial charge >= 0.3 is 5.97 Å². The van der Waals surface area contributed by atoms with Crippen molar-refractivity contribution in [3.8, 4) is 0 Å². The van der Waals surface area contributed by atoms with E-state index in [0.717, 1.165) is 25.3 Å². The molecule has 3 nitrogen and oxygen atoms in total. The maximum atomic E-state index is 10.8. The van der Waals surface area contributed by atoms with E-state index in [2.05, 4.69) is 5.32 Å². The molecular weight excluding hydrogens is 178 g/mol. The summed E-state index contributed by atoms with van der Waals surface area (Å²) in [6.07, 6.45) is 6.12. The van der Waals surface area contributed by atoms with Gasteiger partial charge < -0.3 is 10.1 Å². The molecule has 0 spiro atoms. The third-order valence-electron chi connectivity index (χ3n) is 3.44. The van der Waals surface area contributed by atoms with Gasteiger partial charge in [0.15, 0.2) is 0 Å². The van der Waals surface area contributed by atoms with Crippen LogP contribution in [0.4, 0.5) is 0 Å². The van der Waals surface area contributed by atoms with Gasteiger partial charge in [-0.2, -0.15) is 0 Å². The van der Waals surface area contributed by atoms with Crippen molar-refractivity contribution in [2.75, 3.05) is 6.54 Å². The van der Waals surface area contributed by atoms with Crippen LogP contribution in [-0.4, -0.2) is 24.7 Å². The standard InChI is InChI=1S/C11H19NO2/c1-8(13)14-10-5-4-9-3-2-6-12-11(9)7-10/h9-12H,2-7H2,1H3/t9-,10+,11+/m0/s1. The number of carbonyl (C=O) groups is 1. The lowest BCUT2D eigenvalue weighted by molar-refractivity contribution is -0.148. The van der Waals surface area contributed by atoms with Crippen LogP contribution in [0.1, 0.15) is 39.0 Å². The topological polar surface area (TPSA) is 38.3 Å². The zero-order chi connectivity index (χ0) is 9.97. The summed E-state index contributed by atoms with van der Waals surface area (Å²) in [6, 6.07) is 0.599. The minimum Gasteiger partial charge on any atom is -0.463 e. The number of carbonyl (C=O) groups excluding carboxylic acids is 1. The average molecular weight is 197 g/mol. The molecule has 1 N–H and O–H groups in total. The molecular formula is C11H19NO2. The third kappa shape index (κ3) is 2.27. The molecule has 0 aromatic carbocycles. The van der Waals surface area contributed by atoms with Crippen LogP contribution in [0.5, 0.6) is 0 Å². The highest BCUT2D eigenvalue weighted by molar-refractivity contribution is 5.66. The first-order valence-electron chi connectivity index (χ1n) is 5.66. The van der Waals surface area contributed by atoms with E-state index in [-0.39, 0.29) is 12.1 Å². The van der Waals surface area contributed by atoms with E-state index in [1.807, 2.05) is 0 Å². The minimum atomic E-state index is -0.135. The van der Waals surface area contributed by atoms with Gasteiger partial charge in [0.1, 0.15) is 6.10 Å². The number of hydrogen-bond acceptors (Lipinski definition) is 3. The maximum Gasteiger partial charge on any atom is 0.302 e. The van der Waals surface area contributed by atoms with Crippen molar-refractivity contribution in [3.05, 3.63) is 0 Å². The first kappa shape index (κ1) is 9.97. The molecule has 1 aliphatic carbocycles. The number of piperidine rings is 1. The molecule has 2 aliphatic rings. The Morgan fingerprint density at radius 2 is 2.21 bits per heavy atom. The molecule has 1 aliphatic heterocycles. The van der Waals surface area contributed by atoms with Gasteiger partial charge in [-0.25, -0.2) is 0 Å². The van der Waals surface area contributed by atoms with E-state index in [0.29, 0.717) is 6.04 Å². The van der Waals surface area contributed by atoms with Crippen molar-refractivity contribution in [2.45, 2.75) is 51.2 Å². The largest absolute Gasteiger partial charge is 0.463 e. The lowest BCUT2D eigenvalue weighted by atomic mass is 9.78. The van der Waals surface area contributed by atoms with Gasteiger partial charge in [-0.05, 0) is 44.6 Å². The van der Waals surface area contributed by atoms with E-state index in [1.165, 1.54) is 26.2 Å². The number of nitrogens with one attached hydrogen (secondary N) is 1. The van der Waals surface area contributed by atoms with Crippen molar-refractivity contribution in [3.63, 3.8) is 0 Å². The molecule has 2 rings (SSSR count). The molecule has 14 heavy (non-hydrogen) atoms. The monoisotopic (exact) mass is 197 g/mol. The first-order chi connectivity index (χ1) is 6.75. The number of ether oxygens (including phenoxy) is 1. The zero-order valence-electron chi connectivity index (χ0n) is 8.79. The second-order valence-corrected chi connectivity index (χ2v) is 4.51. The lowest BCUT2D eigenvalue weighted by Gasteiger charge is -2.39. The fourth-order valence-electron chi connectivity index (χ4n) is 2.78. The number of hydrogen-bond donors (Lipinski definition) is 1. The smallest absolute Gasteiger partial charge is 0.302 e. The number of rotatable bonds is 1. The summed E-state index contributed by atoms with van der Waals surface area (Å²) in [6.45, 7) is 2.63. The van der Waals surface area contributed by atoms with Gasteiger partial charge in [0.2, 0.25) is 0 Å². The number of fused-ring (bicyclic) bond motifs is 1. The van der Waals surface area contributed by atoms with Crippen LogP contribution in [0.15, 0.2) is 0 Å². The fraction of sp³-hybridized carbons (Fsp3) is 0.909. The Balaban J connectivity index is 1.86. The molecule has 0 aromatic rings. The molecule has 0 bridgehead atoms. The van der Waals surface area contributed by atoms with Gasteiger partial charge in [-0.3, -0.25) is 4.79 Å². The van der Waals surface area contributed by atoms with Gasteiger partial charge in [0, 0.05) is 13.0 Å². The minimum absolute atomic E-state index is 0.135. The van der Waals surface area contributed by atoms with Gasteiger partial charge in [-0.15, -0.1) is 0 Å². The Labute approximate surface area is 85.2 Å². The summed E-state index contributed by atoms with van der Waals surface area (Å²) in [4.78, 5) is 10.8. The van der Waals surface area contributed by atoms with E-state index >= 15 is 0 Å². The average Bonchev–Trinajstić information content (AvgIpc) is 2.17. The molecule has 3 heteroatoms. The van der Waals surface area contributed by atoms with Crippen molar-refractivity contribution >= 4 is 5.97 Å². The van der Waals surface area contributed by atoms with E-state index in [1.54, 1.807) is 0 Å². The van der Waals surface area contributed by atoms with Crippen LogP contribution in [0.25, 0.3) is 0 Å². The van der Waals surface area contributed by atoms with Crippen molar-refractivity contribution < 1.29 is 9.53 Å². The summed E-state index contributed by atoms with van der Waals surface area (Å²) in [5.41, 5.74) is 0. The molecule has 0 amide bonds. The van der Waals surface area contributed by atoms with Gasteiger partial charge in [-0.1, -0.05) is 0 Å². The molecule has 0 radical (unpaired) electrons. The van der Waals surface area contributed by atoms with E-state index in [9.17, 15) is 4.79 Å². The quantitative estimate of drug-likeness (QED) is 0.647. The second kappa shape index (κ2) is 4.30. The van der Waals surface area contributed by atoms with Crippen LogP contribution in [-0.2, 0) is 9.53 Å². The Morgan fingerprint density at radius 1 is 1.36 bits per heavy atom. The Bertz CT molecular complexity index is 217. The summed E-state index contributed by atoms with van der Waals surface area (Å²) >= 11 is 0. The highest BCUT2D eigenvalue weighted by atomic mass is 16.5. The molecule has 80 valence electrons. The van der Waals surface area contributed by atoms with Crippen molar-refractivity contribution in [2.24, 2.45) is 5.92 Å². The van der Waals surface area contributed by atoms with Crippen LogP contribution in [0, 0.1) is 5.92 Å². The van der Waals surface area contributed by atoms with Gasteiger partial charge in [0.25, 0.3) is 0 Å². The summed E-state index contributed by atoms with van der Waals surface area (Å²) in [5.74, 6) is 0.694. The molecule has 0 aromatic heterocycles. The third-order valence-corrected chi connectivity index (χ3v) is 3.44. The molecule has 1 heterocycles. The normalized spacial score (nSPS) is 37.4. The summed E-state index contributed by atoms with van der Waals surface area (Å²) < 4.78 is 5.26. The summed E-state index contributed by atoms with van der Waals surface area (Å²) in [5, 5.41) is 3.53. The summed E-state index contributed by atoms with van der Waals surface area (Å²) in [7, 11) is 0. The highest BCUT2D eigenvalue weighted by Crippen LogP contribution is 2.31. The molecule has 1 saturated heterocycles.